The molecule has 1 aliphatic rings. The molecule has 5 nitrogen and oxygen atoms in total. The van der Waals surface area contributed by atoms with E-state index in [0.717, 1.165) is 19.1 Å². The molecule has 0 aromatic rings. The van der Waals surface area contributed by atoms with E-state index >= 15 is 0 Å². The van der Waals surface area contributed by atoms with Crippen molar-refractivity contribution in [1.29, 1.82) is 0 Å². The van der Waals surface area contributed by atoms with Gasteiger partial charge in [-0.2, -0.15) is 0 Å². The number of rotatable bonds is 9. The summed E-state index contributed by atoms with van der Waals surface area (Å²) in [6.07, 6.45) is 5.39. The lowest BCUT2D eigenvalue weighted by Gasteiger charge is -2.23. The molecular formula is C13H27N3O2. The third-order valence-electron chi connectivity index (χ3n) is 3.50. The molecule has 1 aliphatic carbocycles. The fourth-order valence-electron chi connectivity index (χ4n) is 2.34. The Morgan fingerprint density at radius 3 is 2.72 bits per heavy atom. The van der Waals surface area contributed by atoms with E-state index in [0.29, 0.717) is 19.7 Å². The number of carbonyl (C=O) groups excluding carboxylic acids is 1. The summed E-state index contributed by atoms with van der Waals surface area (Å²) in [5.41, 5.74) is 0. The van der Waals surface area contributed by atoms with Gasteiger partial charge in [-0.05, 0) is 19.9 Å². The molecule has 1 amide bonds. The third-order valence-corrected chi connectivity index (χ3v) is 3.50. The molecule has 1 saturated carbocycles. The van der Waals surface area contributed by atoms with Crippen LogP contribution in [0.3, 0.4) is 0 Å². The van der Waals surface area contributed by atoms with Crippen LogP contribution >= 0.6 is 0 Å². The van der Waals surface area contributed by atoms with Gasteiger partial charge in [0.1, 0.15) is 0 Å². The van der Waals surface area contributed by atoms with Crippen LogP contribution in [0.1, 0.15) is 25.7 Å². The first-order valence-corrected chi connectivity index (χ1v) is 6.90. The average Bonchev–Trinajstić information content (AvgIpc) is 2.88. The minimum Gasteiger partial charge on any atom is -0.383 e. The second-order valence-electron chi connectivity index (χ2n) is 4.94. The van der Waals surface area contributed by atoms with Crippen LogP contribution in [0.4, 0.5) is 0 Å². The molecule has 2 N–H and O–H groups in total. The Hall–Kier alpha value is -0.650. The van der Waals surface area contributed by atoms with Gasteiger partial charge < -0.3 is 20.3 Å². The lowest BCUT2D eigenvalue weighted by molar-refractivity contribution is -0.120. The molecule has 0 bridgehead atoms. The summed E-state index contributed by atoms with van der Waals surface area (Å²) in [6.45, 7) is 3.41. The van der Waals surface area contributed by atoms with Gasteiger partial charge in [-0.3, -0.25) is 4.79 Å². The molecule has 0 aromatic carbocycles. The number of hydrogen-bond donors (Lipinski definition) is 2. The minimum absolute atomic E-state index is 0.0376. The summed E-state index contributed by atoms with van der Waals surface area (Å²) in [4.78, 5) is 13.8. The third kappa shape index (κ3) is 6.33. The van der Waals surface area contributed by atoms with Crippen molar-refractivity contribution < 1.29 is 9.53 Å². The number of methoxy groups -OCH3 is 1. The second kappa shape index (κ2) is 9.30. The molecule has 0 saturated heterocycles. The number of likely N-dealkylation sites (N-methyl/N-ethyl adjacent to an activating group) is 1. The standard InChI is InChI=1S/C13H27N3O2/c1-16(12-5-3-4-6-12)9-7-14-11-13(17)15-8-10-18-2/h12,14H,3-11H2,1-2H3,(H,15,17). The Balaban J connectivity index is 1.95. The molecule has 5 heteroatoms. The molecule has 1 fully saturated rings. The monoisotopic (exact) mass is 257 g/mol. The predicted molar refractivity (Wildman–Crippen MR) is 72.6 cm³/mol. The highest BCUT2D eigenvalue weighted by atomic mass is 16.5. The molecule has 0 aromatic heterocycles. The molecule has 0 aliphatic heterocycles. The van der Waals surface area contributed by atoms with E-state index in [1.807, 2.05) is 0 Å². The lowest BCUT2D eigenvalue weighted by atomic mass is 10.2. The summed E-state index contributed by atoms with van der Waals surface area (Å²) in [5.74, 6) is 0.0376. The van der Waals surface area contributed by atoms with Crippen molar-refractivity contribution in [1.82, 2.24) is 15.5 Å². The van der Waals surface area contributed by atoms with Crippen LogP contribution in [-0.4, -0.2) is 63.8 Å². The Morgan fingerprint density at radius 1 is 1.33 bits per heavy atom. The molecule has 106 valence electrons. The van der Waals surface area contributed by atoms with Crippen molar-refractivity contribution >= 4 is 5.91 Å². The summed E-state index contributed by atoms with van der Waals surface area (Å²) in [7, 11) is 3.81. The lowest BCUT2D eigenvalue weighted by Crippen LogP contribution is -2.40. The number of nitrogens with zero attached hydrogens (tertiary/aromatic N) is 1. The molecule has 0 atom stereocenters. The van der Waals surface area contributed by atoms with Gasteiger partial charge in [0.2, 0.25) is 5.91 Å². The quantitative estimate of drug-likeness (QED) is 0.580. The van der Waals surface area contributed by atoms with Crippen LogP contribution in [0.15, 0.2) is 0 Å². The van der Waals surface area contributed by atoms with Crippen LogP contribution in [-0.2, 0) is 9.53 Å². The number of hydrogen-bond acceptors (Lipinski definition) is 4. The largest absolute Gasteiger partial charge is 0.383 e. The van der Waals surface area contributed by atoms with Gasteiger partial charge in [0, 0.05) is 32.8 Å². The van der Waals surface area contributed by atoms with Crippen LogP contribution in [0, 0.1) is 0 Å². The normalized spacial score (nSPS) is 16.4. The van der Waals surface area contributed by atoms with Crippen LogP contribution in [0.2, 0.25) is 0 Å². The summed E-state index contributed by atoms with van der Waals surface area (Å²) in [6, 6.07) is 0.752. The van der Waals surface area contributed by atoms with Crippen molar-refractivity contribution in [3.8, 4) is 0 Å². The number of ether oxygens (including phenoxy) is 1. The van der Waals surface area contributed by atoms with Crippen LogP contribution < -0.4 is 10.6 Å². The number of carbonyl (C=O) groups is 1. The summed E-state index contributed by atoms with van der Waals surface area (Å²) < 4.78 is 4.86. The zero-order chi connectivity index (χ0) is 13.2. The van der Waals surface area contributed by atoms with Crippen molar-refractivity contribution in [2.45, 2.75) is 31.7 Å². The van der Waals surface area contributed by atoms with Gasteiger partial charge in [-0.25, -0.2) is 0 Å². The molecule has 0 heterocycles. The zero-order valence-electron chi connectivity index (χ0n) is 11.7. The zero-order valence-corrected chi connectivity index (χ0v) is 11.7. The highest BCUT2D eigenvalue weighted by Gasteiger charge is 2.18. The second-order valence-corrected chi connectivity index (χ2v) is 4.94. The van der Waals surface area contributed by atoms with E-state index in [2.05, 4.69) is 22.6 Å². The van der Waals surface area contributed by atoms with Gasteiger partial charge in [0.05, 0.1) is 13.2 Å². The smallest absolute Gasteiger partial charge is 0.234 e. The first kappa shape index (κ1) is 15.4. The van der Waals surface area contributed by atoms with Crippen molar-refractivity contribution in [2.75, 3.05) is 46.9 Å². The van der Waals surface area contributed by atoms with Crippen molar-refractivity contribution in [2.24, 2.45) is 0 Å². The predicted octanol–water partition coefficient (Wildman–Crippen LogP) is 0.213. The number of nitrogens with one attached hydrogen (secondary N) is 2. The van der Waals surface area contributed by atoms with Crippen molar-refractivity contribution in [3.05, 3.63) is 0 Å². The van der Waals surface area contributed by atoms with E-state index in [9.17, 15) is 4.79 Å². The Morgan fingerprint density at radius 2 is 2.06 bits per heavy atom. The average molecular weight is 257 g/mol. The fourth-order valence-corrected chi connectivity index (χ4v) is 2.34. The van der Waals surface area contributed by atoms with E-state index in [1.54, 1.807) is 7.11 Å². The SMILES string of the molecule is COCCNC(=O)CNCCN(C)C1CCCC1. The Labute approximate surface area is 110 Å². The maximum Gasteiger partial charge on any atom is 0.234 e. The van der Waals surface area contributed by atoms with Crippen LogP contribution in [0.25, 0.3) is 0 Å². The van der Waals surface area contributed by atoms with Gasteiger partial charge in [0.25, 0.3) is 0 Å². The first-order valence-electron chi connectivity index (χ1n) is 6.90. The minimum atomic E-state index is 0.0376. The van der Waals surface area contributed by atoms with Crippen LogP contribution in [0.5, 0.6) is 0 Å². The van der Waals surface area contributed by atoms with Crippen molar-refractivity contribution in [3.63, 3.8) is 0 Å². The van der Waals surface area contributed by atoms with Gasteiger partial charge >= 0.3 is 0 Å². The molecule has 0 radical (unpaired) electrons. The van der Waals surface area contributed by atoms with Gasteiger partial charge in [-0.15, -0.1) is 0 Å². The number of amides is 1. The Bertz CT molecular complexity index is 230. The summed E-state index contributed by atoms with van der Waals surface area (Å²) in [5, 5.41) is 5.96. The molecule has 1 rings (SSSR count). The maximum atomic E-state index is 11.4. The summed E-state index contributed by atoms with van der Waals surface area (Å²) >= 11 is 0. The highest BCUT2D eigenvalue weighted by molar-refractivity contribution is 5.77. The molecule has 0 unspecified atom stereocenters. The topological polar surface area (TPSA) is 53.6 Å². The fraction of sp³-hybridized carbons (Fsp3) is 0.923. The van der Waals surface area contributed by atoms with E-state index < -0.39 is 0 Å². The van der Waals surface area contributed by atoms with E-state index in [1.165, 1.54) is 25.7 Å². The highest BCUT2D eigenvalue weighted by Crippen LogP contribution is 2.21. The van der Waals surface area contributed by atoms with E-state index in [4.69, 9.17) is 4.74 Å². The van der Waals surface area contributed by atoms with Gasteiger partial charge in [0.15, 0.2) is 0 Å². The van der Waals surface area contributed by atoms with E-state index in [-0.39, 0.29) is 5.91 Å². The molecular weight excluding hydrogens is 230 g/mol. The maximum absolute atomic E-state index is 11.4. The molecule has 0 spiro atoms. The molecule has 18 heavy (non-hydrogen) atoms. The first-order chi connectivity index (χ1) is 8.74. The van der Waals surface area contributed by atoms with Gasteiger partial charge in [-0.1, -0.05) is 12.8 Å². The Kier molecular flexibility index (Phi) is 7.96.